The lowest BCUT2D eigenvalue weighted by atomic mass is 9.99. The quantitative estimate of drug-likeness (QED) is 0.200. The van der Waals surface area contributed by atoms with E-state index in [0.717, 1.165) is 27.9 Å². The molecule has 0 saturated carbocycles. The summed E-state index contributed by atoms with van der Waals surface area (Å²) in [7, 11) is 0. The highest BCUT2D eigenvalue weighted by molar-refractivity contribution is 8.15. The third kappa shape index (κ3) is 8.10. The summed E-state index contributed by atoms with van der Waals surface area (Å²) in [6.45, 7) is 8.08. The second kappa shape index (κ2) is 13.4. The van der Waals surface area contributed by atoms with E-state index in [-0.39, 0.29) is 29.4 Å². The van der Waals surface area contributed by atoms with Crippen LogP contribution in [0.5, 0.6) is 5.75 Å². The molecule has 2 atom stereocenters. The van der Waals surface area contributed by atoms with Crippen LogP contribution in [-0.4, -0.2) is 55.5 Å². The normalized spacial score (nSPS) is 16.1. The fourth-order valence-electron chi connectivity index (χ4n) is 4.95. The first-order valence-corrected chi connectivity index (χ1v) is 15.3. The number of carbonyl (C=O) groups is 1. The van der Waals surface area contributed by atoms with Gasteiger partial charge in [0.15, 0.2) is 11.0 Å². The second-order valence-electron chi connectivity index (χ2n) is 11.0. The summed E-state index contributed by atoms with van der Waals surface area (Å²) in [5.41, 5.74) is 5.18. The smallest absolute Gasteiger partial charge is 0.406 e. The van der Waals surface area contributed by atoms with Crippen LogP contribution in [0.25, 0.3) is 17.1 Å². The van der Waals surface area contributed by atoms with E-state index in [0.29, 0.717) is 23.1 Å². The van der Waals surface area contributed by atoms with Crippen molar-refractivity contribution in [3.63, 3.8) is 0 Å². The van der Waals surface area contributed by atoms with Crippen LogP contribution >= 0.6 is 11.8 Å². The maximum atomic E-state index is 12.8. The molecule has 1 amide bonds. The van der Waals surface area contributed by atoms with E-state index in [1.165, 1.54) is 47.0 Å². The van der Waals surface area contributed by atoms with E-state index in [1.54, 1.807) is 4.90 Å². The van der Waals surface area contributed by atoms with Crippen molar-refractivity contribution in [1.82, 2.24) is 20.1 Å². The predicted molar refractivity (Wildman–Crippen MR) is 168 cm³/mol. The molecule has 13 heteroatoms. The van der Waals surface area contributed by atoms with Crippen molar-refractivity contribution in [1.29, 1.82) is 0 Å². The van der Waals surface area contributed by atoms with Gasteiger partial charge in [-0.3, -0.25) is 15.0 Å². The molecule has 2 unspecified atom stereocenters. The number of hydrogen-bond donors (Lipinski definition) is 2. The van der Waals surface area contributed by atoms with E-state index in [9.17, 15) is 23.1 Å². The number of aryl methyl sites for hydroxylation is 1. The topological polar surface area (TPSA) is 105 Å². The van der Waals surface area contributed by atoms with Gasteiger partial charge >= 0.3 is 6.36 Å². The van der Waals surface area contributed by atoms with Crippen LogP contribution in [0.1, 0.15) is 43.4 Å². The second-order valence-corrected chi connectivity index (χ2v) is 12.0. The minimum Gasteiger partial charge on any atom is -0.406 e. The van der Waals surface area contributed by atoms with Gasteiger partial charge < -0.3 is 9.84 Å². The molecule has 0 spiro atoms. The lowest BCUT2D eigenvalue weighted by molar-refractivity contribution is -0.274. The summed E-state index contributed by atoms with van der Waals surface area (Å²) in [6, 6.07) is 18.9. The predicted octanol–water partition coefficient (Wildman–Crippen LogP) is 6.20. The molecular weight excluding hydrogens is 605 g/mol. The zero-order chi connectivity index (χ0) is 32.3. The fraction of sp³-hybridized carbons (Fsp3) is 0.312. The average Bonchev–Trinajstić information content (AvgIpc) is 3.60. The standard InChI is InChI=1S/C32H33F3N6O3S/c1-19(2)26-14-5-20(3)15-27(26)41-28(42)17-45-31(41)38-30(43)37-21(4)16-22-6-8-23(9-7-22)29-36-18-40(39-29)24-10-12-25(13-11-24)44-32(33,34)35/h5-15,18-19,21,30,37,43H,16-17H2,1-4H3. The maximum Gasteiger partial charge on any atom is 0.573 e. The van der Waals surface area contributed by atoms with Gasteiger partial charge in [-0.25, -0.2) is 14.7 Å². The van der Waals surface area contributed by atoms with Crippen molar-refractivity contribution in [3.05, 3.63) is 89.7 Å². The number of aliphatic imine (C=N–C) groups is 1. The minimum absolute atomic E-state index is 0.0700. The molecule has 3 aromatic carbocycles. The van der Waals surface area contributed by atoms with Crippen molar-refractivity contribution in [2.45, 2.75) is 58.8 Å². The van der Waals surface area contributed by atoms with Crippen molar-refractivity contribution in [2.75, 3.05) is 10.7 Å². The maximum absolute atomic E-state index is 12.8. The van der Waals surface area contributed by atoms with E-state index in [1.807, 2.05) is 56.3 Å². The number of nitrogens with zero attached hydrogens (tertiary/aromatic N) is 5. The molecule has 5 rings (SSSR count). The van der Waals surface area contributed by atoms with Crippen LogP contribution in [0.3, 0.4) is 0 Å². The largest absolute Gasteiger partial charge is 0.573 e. The zero-order valence-electron chi connectivity index (χ0n) is 25.1. The van der Waals surface area contributed by atoms with Gasteiger partial charge in [0.25, 0.3) is 0 Å². The number of nitrogens with one attached hydrogen (secondary N) is 1. The molecular formula is C32H33F3N6O3S. The first-order valence-electron chi connectivity index (χ1n) is 14.3. The molecule has 45 heavy (non-hydrogen) atoms. The molecule has 9 nitrogen and oxygen atoms in total. The molecule has 0 radical (unpaired) electrons. The lowest BCUT2D eigenvalue weighted by Crippen LogP contribution is -2.39. The summed E-state index contributed by atoms with van der Waals surface area (Å²) in [4.78, 5) is 23.2. The highest BCUT2D eigenvalue weighted by Gasteiger charge is 2.33. The molecule has 1 saturated heterocycles. The molecule has 1 aliphatic heterocycles. The highest BCUT2D eigenvalue weighted by atomic mass is 32.2. The number of rotatable bonds is 10. The van der Waals surface area contributed by atoms with Crippen molar-refractivity contribution in [2.24, 2.45) is 4.99 Å². The average molecular weight is 639 g/mol. The Kier molecular flexibility index (Phi) is 9.61. The minimum atomic E-state index is -4.76. The molecule has 1 fully saturated rings. The number of aromatic nitrogens is 3. The first-order chi connectivity index (χ1) is 21.4. The summed E-state index contributed by atoms with van der Waals surface area (Å²) < 4.78 is 42.6. The Morgan fingerprint density at radius 1 is 1.07 bits per heavy atom. The molecule has 2 heterocycles. The Bertz CT molecular complexity index is 1670. The summed E-state index contributed by atoms with van der Waals surface area (Å²) in [5.74, 6) is 0.540. The number of alkyl halides is 3. The highest BCUT2D eigenvalue weighted by Crippen LogP contribution is 2.34. The molecule has 0 aliphatic carbocycles. The van der Waals surface area contributed by atoms with Gasteiger partial charge in [0.1, 0.15) is 12.1 Å². The molecule has 4 aromatic rings. The molecule has 1 aromatic heterocycles. The number of aliphatic hydroxyl groups is 1. The third-order valence-electron chi connectivity index (χ3n) is 7.06. The molecule has 0 bridgehead atoms. The van der Waals surface area contributed by atoms with Crippen LogP contribution < -0.4 is 15.0 Å². The number of aliphatic hydroxyl groups excluding tert-OH is 1. The van der Waals surface area contributed by atoms with Crippen LogP contribution in [0, 0.1) is 6.92 Å². The number of benzene rings is 3. The van der Waals surface area contributed by atoms with E-state index in [2.05, 4.69) is 39.0 Å². The fourth-order valence-corrected chi connectivity index (χ4v) is 5.83. The molecule has 2 N–H and O–H groups in total. The molecule has 236 valence electrons. The summed E-state index contributed by atoms with van der Waals surface area (Å²) in [5, 5.41) is 18.8. The van der Waals surface area contributed by atoms with E-state index >= 15 is 0 Å². The SMILES string of the molecule is Cc1ccc(C(C)C)c(N2C(=O)CSC2=NC(O)NC(C)Cc2ccc(-c3ncn(-c4ccc(OC(F)(F)F)cc4)n3)cc2)c1. The number of thioether (sulfide) groups is 1. The monoisotopic (exact) mass is 638 g/mol. The number of ether oxygens (including phenoxy) is 1. The Morgan fingerprint density at radius 3 is 2.44 bits per heavy atom. The van der Waals surface area contributed by atoms with Crippen molar-refractivity contribution in [3.8, 4) is 22.8 Å². The van der Waals surface area contributed by atoms with Gasteiger partial charge in [0, 0.05) is 11.6 Å². The number of carbonyl (C=O) groups excluding carboxylic acids is 1. The number of hydrogen-bond acceptors (Lipinski definition) is 8. The number of anilines is 1. The Hall–Kier alpha value is -4.20. The van der Waals surface area contributed by atoms with Gasteiger partial charge in [0.2, 0.25) is 12.3 Å². The third-order valence-corrected chi connectivity index (χ3v) is 8.00. The van der Waals surface area contributed by atoms with Crippen molar-refractivity contribution >= 4 is 28.5 Å². The van der Waals surface area contributed by atoms with Gasteiger partial charge in [-0.1, -0.05) is 62.0 Å². The van der Waals surface area contributed by atoms with Crippen molar-refractivity contribution < 1.29 is 27.8 Å². The number of halogens is 3. The van der Waals surface area contributed by atoms with Gasteiger partial charge in [-0.05, 0) is 73.2 Å². The summed E-state index contributed by atoms with van der Waals surface area (Å²) in [6.07, 6.45) is -3.88. The van der Waals surface area contributed by atoms with Gasteiger partial charge in [0.05, 0.1) is 17.1 Å². The summed E-state index contributed by atoms with van der Waals surface area (Å²) >= 11 is 1.31. The van der Waals surface area contributed by atoms with Crippen LogP contribution in [-0.2, 0) is 11.2 Å². The Balaban J connectivity index is 1.20. The lowest BCUT2D eigenvalue weighted by Gasteiger charge is -2.23. The zero-order valence-corrected chi connectivity index (χ0v) is 25.9. The number of amidine groups is 1. The van der Waals surface area contributed by atoms with E-state index < -0.39 is 12.7 Å². The van der Waals surface area contributed by atoms with Gasteiger partial charge in [-0.15, -0.1) is 18.3 Å². The van der Waals surface area contributed by atoms with Crippen LogP contribution in [0.15, 0.2) is 78.0 Å². The van der Waals surface area contributed by atoms with E-state index in [4.69, 9.17) is 0 Å². The first kappa shape index (κ1) is 32.2. The van der Waals surface area contributed by atoms with Crippen LogP contribution in [0.2, 0.25) is 0 Å². The Morgan fingerprint density at radius 2 is 1.78 bits per heavy atom. The van der Waals surface area contributed by atoms with Gasteiger partial charge in [-0.2, -0.15) is 0 Å². The Labute approximate surface area is 263 Å². The number of amides is 1. The van der Waals surface area contributed by atoms with Crippen LogP contribution in [0.4, 0.5) is 18.9 Å². The molecule has 1 aliphatic rings.